The second-order valence-electron chi connectivity index (χ2n) is 14.7. The molecule has 2 fully saturated rings. The first-order valence-corrected chi connectivity index (χ1v) is 30.2. The third kappa shape index (κ3) is 16.8. The second kappa shape index (κ2) is 26.5. The van der Waals surface area contributed by atoms with Crippen molar-refractivity contribution in [2.45, 2.75) is 59.8 Å². The van der Waals surface area contributed by atoms with Crippen molar-refractivity contribution >= 4 is 113 Å². The first-order valence-electron chi connectivity index (χ1n) is 21.1. The Labute approximate surface area is 432 Å². The summed E-state index contributed by atoms with van der Waals surface area (Å²) in [5.41, 5.74) is 1.15. The van der Waals surface area contributed by atoms with E-state index >= 15 is 0 Å². The molecule has 6 aromatic heterocycles. The predicted octanol–water partition coefficient (Wildman–Crippen LogP) is 4.05. The number of hydrogen-bond donors (Lipinski definition) is 9. The first-order chi connectivity index (χ1) is 35.4. The highest BCUT2D eigenvalue weighted by Crippen LogP contribution is 2.66. The van der Waals surface area contributed by atoms with Crippen molar-refractivity contribution in [1.82, 2.24) is 49.0 Å². The number of anilines is 2. The van der Waals surface area contributed by atoms with E-state index in [9.17, 15) is 48.4 Å². The number of carbonyl (C=O) groups excluding carboxylic acids is 2. The van der Waals surface area contributed by atoms with Gasteiger partial charge in [0.15, 0.2) is 34.0 Å². The van der Waals surface area contributed by atoms with E-state index in [2.05, 4.69) is 63.7 Å². The van der Waals surface area contributed by atoms with E-state index in [-0.39, 0.29) is 49.0 Å². The normalized spacial score (nSPS) is 21.3. The van der Waals surface area contributed by atoms with E-state index in [1.807, 2.05) is 30.3 Å². The van der Waals surface area contributed by atoms with Crippen LogP contribution in [-0.4, -0.2) is 158 Å². The fourth-order valence-corrected chi connectivity index (χ4v) is 12.9. The van der Waals surface area contributed by atoms with Gasteiger partial charge >= 0.3 is 35.7 Å². The Morgan fingerprint density at radius 1 is 0.662 bits per heavy atom. The quantitative estimate of drug-likeness (QED) is 0.0263. The van der Waals surface area contributed by atoms with Crippen LogP contribution >= 0.6 is 66.6 Å². The Kier molecular flexibility index (Phi) is 20.5. The van der Waals surface area contributed by atoms with Gasteiger partial charge in [-0.05, 0) is 45.9 Å². The molecule has 2 aliphatic heterocycles. The summed E-state index contributed by atoms with van der Waals surface area (Å²) in [5, 5.41) is 36.4. The maximum atomic E-state index is 12.3. The number of aliphatic hydroxyl groups excluding tert-OH is 3. The number of hydrogen-bond acceptors (Lipinski definition) is 27. The van der Waals surface area contributed by atoms with Crippen LogP contribution in [0.3, 0.4) is 0 Å². The molecule has 400 valence electrons. The van der Waals surface area contributed by atoms with Crippen molar-refractivity contribution in [3.63, 3.8) is 0 Å². The van der Waals surface area contributed by atoms with Gasteiger partial charge in [0.1, 0.15) is 60.6 Å². The average Bonchev–Trinajstić information content (AvgIpc) is 4.16. The number of aliphatic hydroxyl groups is 3. The standard InChI is InChI=1S/C18H23N6O14P3S2.C18H20N6O5S2/c25-11-7-14(36-12(11)8-35-40(30,31)38-41(32,33)37-39(27,28)29)24-10-22-15-16(20-9-21-17(15)24)23-18(26)34-5-6-42-43-13-3-1-2-4-19-13;25-8-12-11(26)7-14(29-12)24-10-22-15-16(20-9-21-17(15)24)23-18(27)28-5-6-30-31-13-3-1-2-4-19-13/h1-4,9-12,14,25H,5-8H2,(H,30,31)(H,32,33)(H2,27,28,29)(H,20,21,23,26);1-4,9-12,14,25-26H,5-8H2,(H,20,21,23,27). The summed E-state index contributed by atoms with van der Waals surface area (Å²) in [6, 6.07) is 11.2. The zero-order valence-corrected chi connectivity index (χ0v) is 43.5. The molecule has 0 saturated carbocycles. The van der Waals surface area contributed by atoms with Crippen LogP contribution in [0.1, 0.15) is 25.3 Å². The largest absolute Gasteiger partial charge is 0.490 e. The molecule has 0 radical (unpaired) electrons. The summed E-state index contributed by atoms with van der Waals surface area (Å²) in [4.78, 5) is 93.7. The van der Waals surface area contributed by atoms with E-state index in [4.69, 9.17) is 28.7 Å². The molecule has 74 heavy (non-hydrogen) atoms. The third-order valence-corrected chi connectivity index (χ3v) is 17.8. The van der Waals surface area contributed by atoms with Gasteiger partial charge in [-0.15, -0.1) is 0 Å². The lowest BCUT2D eigenvalue weighted by Crippen LogP contribution is -2.26. The molecule has 38 heteroatoms. The average molecular weight is 1170 g/mol. The Hall–Kier alpha value is -4.45. The van der Waals surface area contributed by atoms with Gasteiger partial charge in [0.05, 0.1) is 38.1 Å². The smallest absolute Gasteiger partial charge is 0.448 e. The van der Waals surface area contributed by atoms with Gasteiger partial charge in [-0.25, -0.2) is 63.2 Å². The predicted molar refractivity (Wildman–Crippen MR) is 262 cm³/mol. The molecule has 8 heterocycles. The number of imidazole rings is 2. The van der Waals surface area contributed by atoms with Crippen LogP contribution in [0.25, 0.3) is 22.3 Å². The van der Waals surface area contributed by atoms with Crippen molar-refractivity contribution in [2.24, 2.45) is 0 Å². The summed E-state index contributed by atoms with van der Waals surface area (Å²) in [5.74, 6) is 1.33. The number of nitrogens with zero attached hydrogens (tertiary/aromatic N) is 10. The number of phosphoric ester groups is 1. The fourth-order valence-electron chi connectivity index (χ4n) is 6.46. The minimum atomic E-state index is -5.70. The minimum absolute atomic E-state index is 0.0343. The van der Waals surface area contributed by atoms with Gasteiger partial charge in [-0.2, -0.15) is 8.62 Å². The number of phosphoric acid groups is 3. The number of pyridine rings is 2. The van der Waals surface area contributed by atoms with Crippen LogP contribution in [0.15, 0.2) is 84.2 Å². The van der Waals surface area contributed by atoms with Gasteiger partial charge in [0.2, 0.25) is 0 Å². The molecule has 8 unspecified atom stereocenters. The fraction of sp³-hybridized carbons (Fsp3) is 0.389. The summed E-state index contributed by atoms with van der Waals surface area (Å²) < 4.78 is 70.7. The monoisotopic (exact) mass is 1170 g/mol. The van der Waals surface area contributed by atoms with Crippen molar-refractivity contribution in [2.75, 3.05) is 48.6 Å². The molecule has 6 aromatic rings. The highest BCUT2D eigenvalue weighted by molar-refractivity contribution is 8.77. The van der Waals surface area contributed by atoms with Crippen molar-refractivity contribution < 1.29 is 90.3 Å². The molecular weight excluding hydrogens is 1130 g/mol. The molecule has 0 spiro atoms. The maximum absolute atomic E-state index is 12.3. The van der Waals surface area contributed by atoms with E-state index in [1.165, 1.54) is 66.7 Å². The lowest BCUT2D eigenvalue weighted by atomic mass is 10.2. The van der Waals surface area contributed by atoms with Crippen molar-refractivity contribution in [3.8, 4) is 0 Å². The van der Waals surface area contributed by atoms with Gasteiger partial charge in [-0.1, -0.05) is 33.7 Å². The molecule has 2 amide bonds. The van der Waals surface area contributed by atoms with Gasteiger partial charge in [-0.3, -0.25) is 24.3 Å². The second-order valence-corrected chi connectivity index (χ2v) is 24.0. The van der Waals surface area contributed by atoms with E-state index in [1.54, 1.807) is 23.0 Å². The Morgan fingerprint density at radius 2 is 1.15 bits per heavy atom. The van der Waals surface area contributed by atoms with E-state index in [0.717, 1.165) is 16.4 Å². The Bertz CT molecular complexity index is 2980. The molecule has 8 atom stereocenters. The number of ether oxygens (including phenoxy) is 4. The topological polar surface area (TPSA) is 429 Å². The molecule has 9 N–H and O–H groups in total. The van der Waals surface area contributed by atoms with Crippen LogP contribution in [0.5, 0.6) is 0 Å². The zero-order valence-electron chi connectivity index (χ0n) is 37.5. The SMILES string of the molecule is O=C(Nc1ncnc2c1ncn2C1CC(O)C(CO)O1)OCCSSc1ccccn1.O=C(Nc1ncnc2c1ncn2C1CC(O)C(COP(=O)(O)OP(=O)(O)OP(=O)(O)O)O1)OCCSSc1ccccn1. The molecule has 0 aliphatic carbocycles. The number of carbonyl (C=O) groups is 2. The summed E-state index contributed by atoms with van der Waals surface area (Å²) in [6.45, 7) is -0.805. The van der Waals surface area contributed by atoms with E-state index < -0.39 is 79.1 Å². The molecule has 0 aromatic carbocycles. The number of amides is 2. The van der Waals surface area contributed by atoms with E-state index in [0.29, 0.717) is 29.1 Å². The molecule has 2 aliphatic rings. The van der Waals surface area contributed by atoms with Crippen molar-refractivity contribution in [1.29, 1.82) is 0 Å². The Balaban J connectivity index is 0.000000227. The van der Waals surface area contributed by atoms with Crippen LogP contribution in [0.2, 0.25) is 0 Å². The number of nitrogens with one attached hydrogen (secondary N) is 2. The summed E-state index contributed by atoms with van der Waals surface area (Å²) in [6.07, 6.45) is 1.96. The lowest BCUT2D eigenvalue weighted by Gasteiger charge is -2.19. The van der Waals surface area contributed by atoms with Crippen LogP contribution in [-0.2, 0) is 45.8 Å². The van der Waals surface area contributed by atoms with Gasteiger partial charge in [0, 0.05) is 36.7 Å². The van der Waals surface area contributed by atoms with Gasteiger partial charge < -0.3 is 53.8 Å². The van der Waals surface area contributed by atoms with Crippen LogP contribution < -0.4 is 10.6 Å². The summed E-state index contributed by atoms with van der Waals surface area (Å²) in [7, 11) is -10.7. The maximum Gasteiger partial charge on any atom is 0.490 e. The van der Waals surface area contributed by atoms with Crippen molar-refractivity contribution in [3.05, 3.63) is 74.1 Å². The molecule has 31 nitrogen and oxygen atoms in total. The van der Waals surface area contributed by atoms with Gasteiger partial charge in [0.25, 0.3) is 0 Å². The lowest BCUT2D eigenvalue weighted by molar-refractivity contribution is -0.0432. The highest BCUT2D eigenvalue weighted by atomic mass is 33.1. The zero-order chi connectivity index (χ0) is 52.9. The van der Waals surface area contributed by atoms with Crippen LogP contribution in [0.4, 0.5) is 21.2 Å². The third-order valence-electron chi connectivity index (χ3n) is 9.55. The molecule has 0 bridgehead atoms. The number of fused-ring (bicyclic) bond motifs is 2. The number of aromatic nitrogens is 10. The molecular formula is C36H43N12O19P3S4. The number of rotatable bonds is 22. The highest BCUT2D eigenvalue weighted by Gasteiger charge is 2.43. The first kappa shape index (κ1) is 57.3. The van der Waals surface area contributed by atoms with Crippen LogP contribution in [0, 0.1) is 0 Å². The molecule has 8 rings (SSSR count). The molecule has 2 saturated heterocycles. The Morgan fingerprint density at radius 3 is 1.59 bits per heavy atom. The summed E-state index contributed by atoms with van der Waals surface area (Å²) >= 11 is 0. The minimum Gasteiger partial charge on any atom is -0.448 e.